The minimum Gasteiger partial charge on any atom is -0.318 e. The molecule has 34 heavy (non-hydrogen) atoms. The smallest absolute Gasteiger partial charge is 0.318 e. The van der Waals surface area contributed by atoms with Crippen LogP contribution >= 0.6 is 46.4 Å². The number of amidine groups is 1. The van der Waals surface area contributed by atoms with E-state index in [-0.39, 0.29) is 11.7 Å². The number of anilines is 3. The number of imide groups is 1. The van der Waals surface area contributed by atoms with Crippen LogP contribution in [0.5, 0.6) is 0 Å². The molecule has 1 saturated heterocycles. The Bertz CT molecular complexity index is 1200. The molecule has 0 aliphatic carbocycles. The molecule has 3 aromatic rings. The second-order valence-corrected chi connectivity index (χ2v) is 8.93. The summed E-state index contributed by atoms with van der Waals surface area (Å²) in [4.78, 5) is 34.7. The number of urea groups is 1. The second-order valence-electron chi connectivity index (χ2n) is 7.34. The number of benzene rings is 3. The third kappa shape index (κ3) is 4.72. The highest BCUT2D eigenvalue weighted by molar-refractivity contribution is 6.55. The average Bonchev–Trinajstić information content (AvgIpc) is 3.04. The van der Waals surface area contributed by atoms with Crippen molar-refractivity contribution in [1.82, 2.24) is 4.90 Å². The summed E-state index contributed by atoms with van der Waals surface area (Å²) in [7, 11) is 1.39. The van der Waals surface area contributed by atoms with Gasteiger partial charge in [-0.05, 0) is 60.7 Å². The van der Waals surface area contributed by atoms with Crippen LogP contribution in [-0.4, -0.2) is 41.8 Å². The Kier molecular flexibility index (Phi) is 7.33. The van der Waals surface area contributed by atoms with E-state index in [4.69, 9.17) is 46.4 Å². The summed E-state index contributed by atoms with van der Waals surface area (Å²) >= 11 is 24.9. The van der Waals surface area contributed by atoms with Gasteiger partial charge >= 0.3 is 6.03 Å². The first-order valence-corrected chi connectivity index (χ1v) is 11.8. The fraction of sp³-hybridized carbons (Fsp3) is 0.125. The van der Waals surface area contributed by atoms with E-state index in [0.29, 0.717) is 20.8 Å². The standard InChI is InChI=1S/C24H18Cl4N4O2/c1-30-23(33)22(32(24(30)34)20-5-3-2-4-19(20)28)29-21(14-25)31(17-10-6-15(26)7-11-17)18-12-8-16(27)9-13-18/h2-13,21H,14H2,1H3. The molecule has 4 rings (SSSR count). The lowest BCUT2D eigenvalue weighted by molar-refractivity contribution is -0.119. The van der Waals surface area contributed by atoms with Crippen LogP contribution in [0.25, 0.3) is 0 Å². The van der Waals surface area contributed by atoms with Crippen molar-refractivity contribution >= 4 is 81.2 Å². The molecule has 3 amide bonds. The number of aliphatic imine (C=N–C) groups is 1. The maximum Gasteiger partial charge on any atom is 0.337 e. The zero-order valence-electron chi connectivity index (χ0n) is 17.8. The lowest BCUT2D eigenvalue weighted by atomic mass is 10.2. The molecule has 1 fully saturated rings. The molecular formula is C24H18Cl4N4O2. The van der Waals surface area contributed by atoms with Gasteiger partial charge < -0.3 is 4.90 Å². The van der Waals surface area contributed by atoms with Crippen molar-refractivity contribution < 1.29 is 9.59 Å². The molecule has 3 aromatic carbocycles. The fourth-order valence-electron chi connectivity index (χ4n) is 3.54. The van der Waals surface area contributed by atoms with Crippen molar-refractivity contribution in [3.8, 4) is 0 Å². The summed E-state index contributed by atoms with van der Waals surface area (Å²) in [5.41, 5.74) is 1.82. The molecule has 1 aliphatic heterocycles. The number of carbonyl (C=O) groups excluding carboxylic acids is 2. The Labute approximate surface area is 216 Å². The molecule has 0 bridgehead atoms. The second kappa shape index (κ2) is 10.2. The first-order chi connectivity index (χ1) is 16.3. The van der Waals surface area contributed by atoms with Crippen LogP contribution in [0.4, 0.5) is 21.9 Å². The predicted octanol–water partition coefficient (Wildman–Crippen LogP) is 6.85. The van der Waals surface area contributed by atoms with E-state index in [1.165, 1.54) is 11.9 Å². The maximum absolute atomic E-state index is 13.0. The van der Waals surface area contributed by atoms with E-state index in [9.17, 15) is 9.59 Å². The van der Waals surface area contributed by atoms with Crippen LogP contribution in [0.1, 0.15) is 0 Å². The number of amides is 3. The van der Waals surface area contributed by atoms with Gasteiger partial charge in [0.15, 0.2) is 0 Å². The summed E-state index contributed by atoms with van der Waals surface area (Å²) in [5, 5.41) is 1.44. The van der Waals surface area contributed by atoms with Gasteiger partial charge in [0.05, 0.1) is 16.6 Å². The number of likely N-dealkylation sites (N-methyl/N-ethyl adjacent to an activating group) is 1. The van der Waals surface area contributed by atoms with Crippen LogP contribution in [0.15, 0.2) is 77.8 Å². The number of carbonyl (C=O) groups is 2. The summed E-state index contributed by atoms with van der Waals surface area (Å²) in [6.45, 7) is 0. The minimum absolute atomic E-state index is 0.0102. The molecular weight excluding hydrogens is 518 g/mol. The van der Waals surface area contributed by atoms with E-state index < -0.39 is 18.1 Å². The predicted molar refractivity (Wildman–Crippen MR) is 139 cm³/mol. The third-order valence-corrected chi connectivity index (χ3v) is 6.30. The van der Waals surface area contributed by atoms with Gasteiger partial charge in [-0.15, -0.1) is 11.6 Å². The highest BCUT2D eigenvalue weighted by Crippen LogP contribution is 2.33. The molecule has 0 aromatic heterocycles. The molecule has 0 spiro atoms. The van der Waals surface area contributed by atoms with Gasteiger partial charge in [-0.2, -0.15) is 0 Å². The van der Waals surface area contributed by atoms with Gasteiger partial charge in [-0.1, -0.05) is 46.9 Å². The van der Waals surface area contributed by atoms with Gasteiger partial charge in [0.2, 0.25) is 5.84 Å². The van der Waals surface area contributed by atoms with Crippen LogP contribution in [0.2, 0.25) is 15.1 Å². The maximum atomic E-state index is 13.0. The Morgan fingerprint density at radius 2 is 1.38 bits per heavy atom. The van der Waals surface area contributed by atoms with E-state index in [2.05, 4.69) is 4.99 Å². The van der Waals surface area contributed by atoms with Crippen molar-refractivity contribution in [2.45, 2.75) is 6.17 Å². The summed E-state index contributed by atoms with van der Waals surface area (Å²) < 4.78 is 0. The van der Waals surface area contributed by atoms with Gasteiger partial charge in [0.25, 0.3) is 5.91 Å². The monoisotopic (exact) mass is 534 g/mol. The third-order valence-electron chi connectivity index (χ3n) is 5.20. The molecule has 1 aliphatic rings. The van der Waals surface area contributed by atoms with Crippen LogP contribution < -0.4 is 9.80 Å². The molecule has 6 nitrogen and oxygen atoms in total. The minimum atomic E-state index is -0.757. The van der Waals surface area contributed by atoms with E-state index in [1.54, 1.807) is 48.5 Å². The van der Waals surface area contributed by atoms with Crippen LogP contribution in [0.3, 0.4) is 0 Å². The summed E-state index contributed by atoms with van der Waals surface area (Å²) in [6.07, 6.45) is -0.757. The Morgan fingerprint density at radius 3 is 1.88 bits per heavy atom. The van der Waals surface area contributed by atoms with Crippen molar-refractivity contribution in [3.05, 3.63) is 87.9 Å². The number of rotatable bonds is 6. The number of hydrogen-bond donors (Lipinski definition) is 0. The number of hydrogen-bond acceptors (Lipinski definition) is 4. The summed E-state index contributed by atoms with van der Waals surface area (Å²) in [5.74, 6) is -0.637. The first-order valence-electron chi connectivity index (χ1n) is 10.1. The zero-order chi connectivity index (χ0) is 24.4. The SMILES string of the molecule is CN1C(=O)C(=NC(CCl)N(c2ccc(Cl)cc2)c2ccc(Cl)cc2)N(c2ccccc2Cl)C1=O. The lowest BCUT2D eigenvalue weighted by Gasteiger charge is -2.31. The van der Waals surface area contributed by atoms with Crippen molar-refractivity contribution in [1.29, 1.82) is 0 Å². The first kappa shape index (κ1) is 24.4. The quantitative estimate of drug-likeness (QED) is 0.256. The topological polar surface area (TPSA) is 56.2 Å². The zero-order valence-corrected chi connectivity index (χ0v) is 20.9. The Morgan fingerprint density at radius 1 is 0.853 bits per heavy atom. The number of alkyl halides is 1. The summed E-state index contributed by atoms with van der Waals surface area (Å²) in [6, 6.07) is 20.4. The van der Waals surface area contributed by atoms with Crippen LogP contribution in [0, 0.1) is 0 Å². The fourth-order valence-corrected chi connectivity index (χ4v) is 4.21. The van der Waals surface area contributed by atoms with Crippen LogP contribution in [-0.2, 0) is 4.79 Å². The number of halogens is 4. The Balaban J connectivity index is 1.85. The van der Waals surface area contributed by atoms with Crippen molar-refractivity contribution in [3.63, 3.8) is 0 Å². The van der Waals surface area contributed by atoms with Gasteiger partial charge in [0.1, 0.15) is 6.17 Å². The van der Waals surface area contributed by atoms with Gasteiger partial charge in [0, 0.05) is 28.5 Å². The largest absolute Gasteiger partial charge is 0.337 e. The van der Waals surface area contributed by atoms with Crippen molar-refractivity contribution in [2.75, 3.05) is 22.7 Å². The highest BCUT2D eigenvalue weighted by atomic mass is 35.5. The normalized spacial score (nSPS) is 15.9. The molecule has 1 atom stereocenters. The van der Waals surface area contributed by atoms with Gasteiger partial charge in [-0.3, -0.25) is 9.69 Å². The lowest BCUT2D eigenvalue weighted by Crippen LogP contribution is -2.37. The van der Waals surface area contributed by atoms with Gasteiger partial charge in [-0.25, -0.2) is 14.7 Å². The molecule has 0 saturated carbocycles. The molecule has 10 heteroatoms. The number of para-hydroxylation sites is 1. The molecule has 174 valence electrons. The van der Waals surface area contributed by atoms with E-state index >= 15 is 0 Å². The van der Waals surface area contributed by atoms with Crippen molar-refractivity contribution in [2.24, 2.45) is 4.99 Å². The average molecular weight is 536 g/mol. The van der Waals surface area contributed by atoms with E-state index in [0.717, 1.165) is 16.3 Å². The molecule has 0 radical (unpaired) electrons. The highest BCUT2D eigenvalue weighted by Gasteiger charge is 2.43. The molecule has 1 unspecified atom stereocenters. The van der Waals surface area contributed by atoms with E-state index in [1.807, 2.05) is 29.2 Å². The molecule has 1 heterocycles. The molecule has 0 N–H and O–H groups in total. The Hall–Kier alpha value is -2.77. The number of nitrogens with zero attached hydrogens (tertiary/aromatic N) is 4.